The standard InChI is InChI=1S/C13H20N2O2S/c1-10-5-6-12(8-11(10)2)15-18(16,17)13-4-3-7-14-9-13/h5-6,8,13-15H,3-4,7,9H2,1-2H3. The van der Waals surface area contributed by atoms with Gasteiger partial charge in [0.15, 0.2) is 0 Å². The van der Waals surface area contributed by atoms with Gasteiger partial charge in [0.2, 0.25) is 10.0 Å². The van der Waals surface area contributed by atoms with Crippen molar-refractivity contribution in [3.8, 4) is 0 Å². The molecular weight excluding hydrogens is 248 g/mol. The molecule has 0 spiro atoms. The lowest BCUT2D eigenvalue weighted by Gasteiger charge is -2.23. The average molecular weight is 268 g/mol. The number of rotatable bonds is 3. The van der Waals surface area contributed by atoms with Crippen LogP contribution in [0, 0.1) is 13.8 Å². The molecule has 1 unspecified atom stereocenters. The van der Waals surface area contributed by atoms with Crippen LogP contribution in [0.1, 0.15) is 24.0 Å². The average Bonchev–Trinajstić information content (AvgIpc) is 2.35. The van der Waals surface area contributed by atoms with E-state index >= 15 is 0 Å². The molecule has 0 bridgehead atoms. The van der Waals surface area contributed by atoms with Crippen LogP contribution in [0.3, 0.4) is 0 Å². The Morgan fingerprint density at radius 3 is 2.67 bits per heavy atom. The smallest absolute Gasteiger partial charge is 0.236 e. The minimum absolute atomic E-state index is 0.326. The molecule has 1 heterocycles. The summed E-state index contributed by atoms with van der Waals surface area (Å²) in [4.78, 5) is 0. The molecule has 5 heteroatoms. The highest BCUT2D eigenvalue weighted by Gasteiger charge is 2.27. The van der Waals surface area contributed by atoms with Crippen LogP contribution in [-0.4, -0.2) is 26.8 Å². The number of benzene rings is 1. The predicted molar refractivity (Wildman–Crippen MR) is 74.4 cm³/mol. The molecule has 1 aromatic rings. The van der Waals surface area contributed by atoms with Crippen LogP contribution in [0.5, 0.6) is 0 Å². The van der Waals surface area contributed by atoms with E-state index in [1.165, 1.54) is 0 Å². The summed E-state index contributed by atoms with van der Waals surface area (Å²) in [6.45, 7) is 5.45. The Bertz CT molecular complexity index is 520. The lowest BCUT2D eigenvalue weighted by molar-refractivity contribution is 0.499. The summed E-state index contributed by atoms with van der Waals surface area (Å²) in [5, 5.41) is 2.80. The highest BCUT2D eigenvalue weighted by molar-refractivity contribution is 7.93. The van der Waals surface area contributed by atoms with Gasteiger partial charge in [-0.1, -0.05) is 6.07 Å². The number of hydrogen-bond donors (Lipinski definition) is 2. The van der Waals surface area contributed by atoms with Crippen molar-refractivity contribution in [2.24, 2.45) is 0 Å². The molecule has 1 aromatic carbocycles. The summed E-state index contributed by atoms with van der Waals surface area (Å²) in [5.41, 5.74) is 2.91. The van der Waals surface area contributed by atoms with Crippen molar-refractivity contribution in [2.45, 2.75) is 31.9 Å². The first-order valence-corrected chi connectivity index (χ1v) is 7.83. The van der Waals surface area contributed by atoms with E-state index in [4.69, 9.17) is 0 Å². The van der Waals surface area contributed by atoms with Crippen LogP contribution in [0.25, 0.3) is 0 Å². The summed E-state index contributed by atoms with van der Waals surface area (Å²) in [5.74, 6) is 0. The minimum atomic E-state index is -3.28. The summed E-state index contributed by atoms with van der Waals surface area (Å²) < 4.78 is 27.1. The van der Waals surface area contributed by atoms with E-state index in [1.54, 1.807) is 0 Å². The minimum Gasteiger partial charge on any atom is -0.315 e. The van der Waals surface area contributed by atoms with Crippen molar-refractivity contribution < 1.29 is 8.42 Å². The first-order valence-electron chi connectivity index (χ1n) is 6.28. The number of nitrogens with one attached hydrogen (secondary N) is 2. The van der Waals surface area contributed by atoms with Crippen LogP contribution in [0.4, 0.5) is 5.69 Å². The summed E-state index contributed by atoms with van der Waals surface area (Å²) >= 11 is 0. The first kappa shape index (κ1) is 13.4. The largest absolute Gasteiger partial charge is 0.315 e. The topological polar surface area (TPSA) is 58.2 Å². The maximum absolute atomic E-state index is 12.2. The number of aryl methyl sites for hydroxylation is 2. The molecule has 0 amide bonds. The number of sulfonamides is 1. The molecule has 1 saturated heterocycles. The molecule has 1 aliphatic rings. The van der Waals surface area contributed by atoms with Crippen molar-refractivity contribution in [3.05, 3.63) is 29.3 Å². The Morgan fingerprint density at radius 2 is 2.06 bits per heavy atom. The van der Waals surface area contributed by atoms with Gasteiger partial charge in [0.1, 0.15) is 0 Å². The molecular formula is C13H20N2O2S. The van der Waals surface area contributed by atoms with Crippen LogP contribution in [0.2, 0.25) is 0 Å². The van der Waals surface area contributed by atoms with Crippen molar-refractivity contribution in [3.63, 3.8) is 0 Å². The maximum Gasteiger partial charge on any atom is 0.236 e. The fraction of sp³-hybridized carbons (Fsp3) is 0.538. The number of piperidine rings is 1. The van der Waals surface area contributed by atoms with Gasteiger partial charge in [-0.3, -0.25) is 4.72 Å². The first-order chi connectivity index (χ1) is 8.49. The summed E-state index contributed by atoms with van der Waals surface area (Å²) in [6.07, 6.45) is 1.64. The third kappa shape index (κ3) is 3.03. The summed E-state index contributed by atoms with van der Waals surface area (Å²) in [6, 6.07) is 5.63. The molecule has 100 valence electrons. The molecule has 0 radical (unpaired) electrons. The van der Waals surface area contributed by atoms with E-state index in [2.05, 4.69) is 10.0 Å². The van der Waals surface area contributed by atoms with Crippen molar-refractivity contribution in [1.82, 2.24) is 5.32 Å². The lowest BCUT2D eigenvalue weighted by atomic mass is 10.1. The van der Waals surface area contributed by atoms with Crippen LogP contribution in [-0.2, 0) is 10.0 Å². The zero-order valence-electron chi connectivity index (χ0n) is 10.9. The Kier molecular flexibility index (Phi) is 3.92. The quantitative estimate of drug-likeness (QED) is 0.879. The van der Waals surface area contributed by atoms with Crippen molar-refractivity contribution >= 4 is 15.7 Å². The van der Waals surface area contributed by atoms with E-state index in [-0.39, 0.29) is 5.25 Å². The van der Waals surface area contributed by atoms with Gasteiger partial charge in [0, 0.05) is 12.2 Å². The van der Waals surface area contributed by atoms with Gasteiger partial charge < -0.3 is 5.32 Å². The van der Waals surface area contributed by atoms with E-state index in [0.29, 0.717) is 12.2 Å². The summed E-state index contributed by atoms with van der Waals surface area (Å²) in [7, 11) is -3.28. The Balaban J connectivity index is 2.13. The highest BCUT2D eigenvalue weighted by atomic mass is 32.2. The zero-order chi connectivity index (χ0) is 13.2. The van der Waals surface area contributed by atoms with Gasteiger partial charge >= 0.3 is 0 Å². The maximum atomic E-state index is 12.2. The second-order valence-corrected chi connectivity index (χ2v) is 6.88. The molecule has 0 aliphatic carbocycles. The zero-order valence-corrected chi connectivity index (χ0v) is 11.7. The lowest BCUT2D eigenvalue weighted by Crippen LogP contribution is -2.41. The molecule has 1 fully saturated rings. The van der Waals surface area contributed by atoms with Crippen LogP contribution < -0.4 is 10.0 Å². The van der Waals surface area contributed by atoms with Gasteiger partial charge in [-0.15, -0.1) is 0 Å². The van der Waals surface area contributed by atoms with Crippen molar-refractivity contribution in [2.75, 3.05) is 17.8 Å². The molecule has 2 N–H and O–H groups in total. The van der Waals surface area contributed by atoms with Gasteiger partial charge in [0.25, 0.3) is 0 Å². The SMILES string of the molecule is Cc1ccc(NS(=O)(=O)C2CCCNC2)cc1C. The highest BCUT2D eigenvalue weighted by Crippen LogP contribution is 2.19. The van der Waals surface area contributed by atoms with E-state index in [1.807, 2.05) is 32.0 Å². The monoisotopic (exact) mass is 268 g/mol. The molecule has 1 atom stereocenters. The predicted octanol–water partition coefficient (Wildman–Crippen LogP) is 1.80. The second kappa shape index (κ2) is 5.28. The Labute approximate surface area is 109 Å². The Hall–Kier alpha value is -1.07. The van der Waals surface area contributed by atoms with Gasteiger partial charge in [-0.25, -0.2) is 8.42 Å². The number of anilines is 1. The van der Waals surface area contributed by atoms with Crippen LogP contribution >= 0.6 is 0 Å². The number of hydrogen-bond acceptors (Lipinski definition) is 3. The molecule has 18 heavy (non-hydrogen) atoms. The van der Waals surface area contributed by atoms with E-state index in [9.17, 15) is 8.42 Å². The molecule has 2 rings (SSSR count). The second-order valence-electron chi connectivity index (χ2n) is 4.91. The normalized spacial score (nSPS) is 20.7. The fourth-order valence-electron chi connectivity index (χ4n) is 2.14. The Morgan fingerprint density at radius 1 is 1.28 bits per heavy atom. The van der Waals surface area contributed by atoms with E-state index in [0.717, 1.165) is 30.5 Å². The third-order valence-corrected chi connectivity index (χ3v) is 5.26. The fourth-order valence-corrected chi connectivity index (χ4v) is 3.57. The molecule has 1 aliphatic heterocycles. The van der Waals surface area contributed by atoms with Gasteiger partial charge in [0.05, 0.1) is 5.25 Å². The van der Waals surface area contributed by atoms with Crippen LogP contribution in [0.15, 0.2) is 18.2 Å². The third-order valence-electron chi connectivity index (χ3n) is 3.46. The molecule has 0 aromatic heterocycles. The van der Waals surface area contributed by atoms with Gasteiger partial charge in [-0.2, -0.15) is 0 Å². The molecule has 4 nitrogen and oxygen atoms in total. The van der Waals surface area contributed by atoms with E-state index < -0.39 is 10.0 Å². The van der Waals surface area contributed by atoms with Crippen molar-refractivity contribution in [1.29, 1.82) is 0 Å². The molecule has 0 saturated carbocycles. The van der Waals surface area contributed by atoms with Gasteiger partial charge in [-0.05, 0) is 56.5 Å².